The first-order chi connectivity index (χ1) is 12.3. The molecule has 1 N–H and O–H groups in total. The van der Waals surface area contributed by atoms with Crippen LogP contribution in [0.1, 0.15) is 24.0 Å². The van der Waals surface area contributed by atoms with Crippen molar-refractivity contribution in [2.75, 3.05) is 24.5 Å². The second kappa shape index (κ2) is 8.25. The van der Waals surface area contributed by atoms with E-state index < -0.39 is 0 Å². The second-order valence-corrected chi connectivity index (χ2v) is 6.20. The minimum absolute atomic E-state index is 0.0169. The van der Waals surface area contributed by atoms with E-state index >= 15 is 0 Å². The first kappa shape index (κ1) is 16.9. The Balaban J connectivity index is 1.48. The molecular formula is C19H21N5O. The van der Waals surface area contributed by atoms with E-state index in [1.165, 1.54) is 0 Å². The van der Waals surface area contributed by atoms with E-state index in [0.29, 0.717) is 18.7 Å². The fourth-order valence-corrected chi connectivity index (χ4v) is 3.07. The van der Waals surface area contributed by atoms with Gasteiger partial charge in [0.05, 0.1) is 23.7 Å². The lowest BCUT2D eigenvalue weighted by Crippen LogP contribution is -2.43. The zero-order valence-corrected chi connectivity index (χ0v) is 14.1. The first-order valence-electron chi connectivity index (χ1n) is 8.54. The summed E-state index contributed by atoms with van der Waals surface area (Å²) < 4.78 is 0. The number of nitriles is 1. The minimum Gasteiger partial charge on any atom is -0.355 e. The molecule has 1 aromatic carbocycles. The van der Waals surface area contributed by atoms with E-state index in [9.17, 15) is 4.79 Å². The number of hydrogen-bond acceptors (Lipinski definition) is 5. The third-order valence-corrected chi connectivity index (χ3v) is 4.46. The maximum Gasteiger partial charge on any atom is 0.224 e. The van der Waals surface area contributed by atoms with Crippen LogP contribution in [-0.2, 0) is 11.2 Å². The molecule has 6 nitrogen and oxygen atoms in total. The Morgan fingerprint density at radius 2 is 2.16 bits per heavy atom. The summed E-state index contributed by atoms with van der Waals surface area (Å²) in [4.78, 5) is 23.0. The van der Waals surface area contributed by atoms with Crippen molar-refractivity contribution < 1.29 is 4.79 Å². The van der Waals surface area contributed by atoms with Crippen LogP contribution in [0, 0.1) is 17.2 Å². The van der Waals surface area contributed by atoms with Crippen LogP contribution in [0.4, 0.5) is 5.82 Å². The van der Waals surface area contributed by atoms with Crippen LogP contribution < -0.4 is 10.2 Å². The van der Waals surface area contributed by atoms with Crippen LogP contribution in [0.5, 0.6) is 0 Å². The Labute approximate surface area is 147 Å². The summed E-state index contributed by atoms with van der Waals surface area (Å²) in [6, 6.07) is 9.57. The van der Waals surface area contributed by atoms with Crippen molar-refractivity contribution in [1.82, 2.24) is 15.3 Å². The van der Waals surface area contributed by atoms with Gasteiger partial charge in [-0.25, -0.2) is 4.98 Å². The smallest absolute Gasteiger partial charge is 0.224 e. The van der Waals surface area contributed by atoms with Gasteiger partial charge in [0.2, 0.25) is 5.91 Å². The van der Waals surface area contributed by atoms with E-state index in [0.717, 1.165) is 37.2 Å². The van der Waals surface area contributed by atoms with Crippen molar-refractivity contribution in [3.8, 4) is 6.07 Å². The minimum atomic E-state index is -0.0169. The van der Waals surface area contributed by atoms with Crippen molar-refractivity contribution in [1.29, 1.82) is 5.26 Å². The highest BCUT2D eigenvalue weighted by Gasteiger charge is 2.26. The van der Waals surface area contributed by atoms with Gasteiger partial charge < -0.3 is 10.2 Å². The summed E-state index contributed by atoms with van der Waals surface area (Å²) in [6.45, 7) is 2.20. The van der Waals surface area contributed by atoms with Crippen molar-refractivity contribution in [3.63, 3.8) is 0 Å². The molecule has 0 bridgehead atoms. The average molecular weight is 335 g/mol. The Kier molecular flexibility index (Phi) is 5.57. The van der Waals surface area contributed by atoms with Gasteiger partial charge in [0.15, 0.2) is 0 Å². The van der Waals surface area contributed by atoms with Gasteiger partial charge in [-0.15, -0.1) is 0 Å². The molecule has 1 fully saturated rings. The molecule has 3 rings (SSSR count). The fourth-order valence-electron chi connectivity index (χ4n) is 3.07. The standard InChI is InChI=1S/C19H21N5O/c20-12-16-5-3-15(4-6-16)7-8-23-19(25)17-2-1-11-24(14-17)18-13-21-9-10-22-18/h3-6,9-10,13,17H,1-2,7-8,11,14H2,(H,23,25). The molecule has 2 aromatic rings. The highest BCUT2D eigenvalue weighted by molar-refractivity contribution is 5.79. The van der Waals surface area contributed by atoms with Crippen molar-refractivity contribution in [2.45, 2.75) is 19.3 Å². The lowest BCUT2D eigenvalue weighted by molar-refractivity contribution is -0.125. The summed E-state index contributed by atoms with van der Waals surface area (Å²) in [7, 11) is 0. The number of carbonyl (C=O) groups excluding carboxylic acids is 1. The van der Waals surface area contributed by atoms with E-state index in [1.807, 2.05) is 12.1 Å². The SMILES string of the molecule is N#Cc1ccc(CCNC(=O)C2CCCN(c3cnccn3)C2)cc1. The number of anilines is 1. The van der Waals surface area contributed by atoms with Gasteiger partial charge in [0.25, 0.3) is 0 Å². The molecule has 0 aliphatic carbocycles. The zero-order chi connectivity index (χ0) is 17.5. The average Bonchev–Trinajstić information content (AvgIpc) is 2.69. The normalized spacial score (nSPS) is 16.9. The maximum atomic E-state index is 12.4. The van der Waals surface area contributed by atoms with Crippen LogP contribution in [0.2, 0.25) is 0 Å². The molecule has 0 radical (unpaired) electrons. The van der Waals surface area contributed by atoms with Gasteiger partial charge in [-0.1, -0.05) is 12.1 Å². The second-order valence-electron chi connectivity index (χ2n) is 6.20. The summed E-state index contributed by atoms with van der Waals surface area (Å²) in [5.41, 5.74) is 1.77. The summed E-state index contributed by atoms with van der Waals surface area (Å²) in [5.74, 6) is 0.913. The number of nitrogens with one attached hydrogen (secondary N) is 1. The molecule has 1 unspecified atom stereocenters. The van der Waals surface area contributed by atoms with E-state index in [2.05, 4.69) is 26.3 Å². The highest BCUT2D eigenvalue weighted by Crippen LogP contribution is 2.20. The van der Waals surface area contributed by atoms with Gasteiger partial charge in [-0.3, -0.25) is 9.78 Å². The summed E-state index contributed by atoms with van der Waals surface area (Å²) >= 11 is 0. The number of aromatic nitrogens is 2. The number of carbonyl (C=O) groups is 1. The fraction of sp³-hybridized carbons (Fsp3) is 0.368. The zero-order valence-electron chi connectivity index (χ0n) is 14.1. The molecule has 6 heteroatoms. The molecule has 1 atom stereocenters. The van der Waals surface area contributed by atoms with E-state index in [1.54, 1.807) is 30.7 Å². The number of piperidine rings is 1. The number of rotatable bonds is 5. The van der Waals surface area contributed by atoms with Gasteiger partial charge >= 0.3 is 0 Å². The highest BCUT2D eigenvalue weighted by atomic mass is 16.1. The number of nitrogens with zero attached hydrogens (tertiary/aromatic N) is 4. The molecule has 0 spiro atoms. The van der Waals surface area contributed by atoms with Crippen LogP contribution >= 0.6 is 0 Å². The third kappa shape index (κ3) is 4.54. The Morgan fingerprint density at radius 1 is 1.32 bits per heavy atom. The molecule has 2 heterocycles. The predicted octanol–water partition coefficient (Wildman–Crippen LogP) is 1.92. The van der Waals surface area contributed by atoms with Crippen LogP contribution in [0.25, 0.3) is 0 Å². The van der Waals surface area contributed by atoms with Crippen LogP contribution in [0.15, 0.2) is 42.9 Å². The lowest BCUT2D eigenvalue weighted by Gasteiger charge is -2.32. The molecule has 1 aliphatic heterocycles. The third-order valence-electron chi connectivity index (χ3n) is 4.46. The predicted molar refractivity (Wildman–Crippen MR) is 94.8 cm³/mol. The van der Waals surface area contributed by atoms with Crippen LogP contribution in [-0.4, -0.2) is 35.5 Å². The van der Waals surface area contributed by atoms with Gasteiger partial charge in [0, 0.05) is 32.0 Å². The number of hydrogen-bond donors (Lipinski definition) is 1. The molecule has 0 saturated carbocycles. The van der Waals surface area contributed by atoms with E-state index in [4.69, 9.17) is 5.26 Å². The summed E-state index contributed by atoms with van der Waals surface area (Å²) in [6.07, 6.45) is 7.71. The molecule has 1 amide bonds. The molecule has 1 aliphatic rings. The van der Waals surface area contributed by atoms with Crippen LogP contribution in [0.3, 0.4) is 0 Å². The van der Waals surface area contributed by atoms with Gasteiger partial charge in [0.1, 0.15) is 5.82 Å². The largest absolute Gasteiger partial charge is 0.355 e. The Morgan fingerprint density at radius 3 is 2.88 bits per heavy atom. The lowest BCUT2D eigenvalue weighted by atomic mass is 9.97. The topological polar surface area (TPSA) is 81.9 Å². The quantitative estimate of drug-likeness (QED) is 0.903. The van der Waals surface area contributed by atoms with Gasteiger partial charge in [-0.2, -0.15) is 5.26 Å². The van der Waals surface area contributed by atoms with Crippen molar-refractivity contribution in [3.05, 3.63) is 54.0 Å². The van der Waals surface area contributed by atoms with E-state index in [-0.39, 0.29) is 11.8 Å². The molecule has 1 aromatic heterocycles. The van der Waals surface area contributed by atoms with Crippen molar-refractivity contribution in [2.24, 2.45) is 5.92 Å². The Bertz CT molecular complexity index is 739. The molecule has 25 heavy (non-hydrogen) atoms. The number of amides is 1. The number of benzene rings is 1. The monoisotopic (exact) mass is 335 g/mol. The summed E-state index contributed by atoms with van der Waals surface area (Å²) in [5, 5.41) is 11.8. The Hall–Kier alpha value is -2.94. The molecule has 1 saturated heterocycles. The molecular weight excluding hydrogens is 314 g/mol. The maximum absolute atomic E-state index is 12.4. The van der Waals surface area contributed by atoms with Crippen molar-refractivity contribution >= 4 is 11.7 Å². The molecule has 128 valence electrons. The first-order valence-corrected chi connectivity index (χ1v) is 8.54. The van der Waals surface area contributed by atoms with Gasteiger partial charge in [-0.05, 0) is 37.0 Å².